The standard InChI is InChI=1S/C21H23ClN4O2S2/c22-19-12-23-21(30-19)25-20(27)18(9-13-5-7-28-8-6-13)26-17-4-3-16(29-15-1-2-15)10-14(17)11-24-26/h3-4,10-13,15,18H,1-2,5-9H2,(H,23,25,27). The molecule has 2 fully saturated rings. The molecule has 0 spiro atoms. The quantitative estimate of drug-likeness (QED) is 0.509. The number of amides is 1. The Kier molecular flexibility index (Phi) is 6.00. The number of ether oxygens (including phenoxy) is 1. The lowest BCUT2D eigenvalue weighted by Crippen LogP contribution is -2.30. The fraction of sp³-hybridized carbons (Fsp3) is 0.476. The lowest BCUT2D eigenvalue weighted by Gasteiger charge is -2.26. The maximum Gasteiger partial charge on any atom is 0.251 e. The van der Waals surface area contributed by atoms with Crippen molar-refractivity contribution >= 4 is 56.6 Å². The Morgan fingerprint density at radius 1 is 1.30 bits per heavy atom. The van der Waals surface area contributed by atoms with Gasteiger partial charge < -0.3 is 10.1 Å². The number of thiazole rings is 1. The second-order valence-corrected chi connectivity index (χ2v) is 10.9. The molecule has 2 aromatic heterocycles. The Balaban J connectivity index is 1.42. The minimum Gasteiger partial charge on any atom is -0.381 e. The molecule has 1 saturated carbocycles. The van der Waals surface area contributed by atoms with Crippen LogP contribution in [-0.4, -0.2) is 39.1 Å². The molecule has 0 radical (unpaired) electrons. The van der Waals surface area contributed by atoms with Gasteiger partial charge in [-0.25, -0.2) is 4.98 Å². The average molecular weight is 463 g/mol. The molecule has 3 heterocycles. The van der Waals surface area contributed by atoms with Gasteiger partial charge in [0.2, 0.25) is 0 Å². The third-order valence-corrected chi connectivity index (χ3v) is 7.96. The SMILES string of the molecule is O=C(Nc1ncc(Cl)s1)C(CC1CCOCC1)n1ncc2cc(SC3CC3)ccc21. The van der Waals surface area contributed by atoms with Crippen molar-refractivity contribution in [1.82, 2.24) is 14.8 Å². The molecule has 0 bridgehead atoms. The van der Waals surface area contributed by atoms with Gasteiger partial charge in [0.1, 0.15) is 10.4 Å². The Bertz CT molecular complexity index is 1040. The number of rotatable bonds is 7. The van der Waals surface area contributed by atoms with Crippen molar-refractivity contribution in [3.8, 4) is 0 Å². The minimum atomic E-state index is -0.407. The topological polar surface area (TPSA) is 69.0 Å². The fourth-order valence-corrected chi connectivity index (χ4v) is 5.76. The molecule has 9 heteroatoms. The van der Waals surface area contributed by atoms with E-state index >= 15 is 0 Å². The van der Waals surface area contributed by atoms with E-state index in [0.717, 1.165) is 48.6 Å². The maximum absolute atomic E-state index is 13.3. The van der Waals surface area contributed by atoms with Crippen LogP contribution in [0, 0.1) is 5.92 Å². The Morgan fingerprint density at radius 2 is 2.13 bits per heavy atom. The van der Waals surface area contributed by atoms with E-state index in [4.69, 9.17) is 16.3 Å². The molecule has 6 nitrogen and oxygen atoms in total. The van der Waals surface area contributed by atoms with Gasteiger partial charge in [0.15, 0.2) is 5.13 Å². The van der Waals surface area contributed by atoms with Gasteiger partial charge in [-0.2, -0.15) is 5.10 Å². The third-order valence-electron chi connectivity index (χ3n) is 5.60. The second-order valence-electron chi connectivity index (χ2n) is 7.89. The summed E-state index contributed by atoms with van der Waals surface area (Å²) in [7, 11) is 0. The highest BCUT2D eigenvalue weighted by Gasteiger charge is 2.29. The van der Waals surface area contributed by atoms with Crippen LogP contribution < -0.4 is 5.32 Å². The van der Waals surface area contributed by atoms with E-state index < -0.39 is 6.04 Å². The van der Waals surface area contributed by atoms with Gasteiger partial charge in [0, 0.05) is 28.7 Å². The molecule has 1 amide bonds. The van der Waals surface area contributed by atoms with Crippen molar-refractivity contribution in [3.63, 3.8) is 0 Å². The number of nitrogens with zero attached hydrogens (tertiary/aromatic N) is 3. The minimum absolute atomic E-state index is 0.103. The zero-order valence-corrected chi connectivity index (χ0v) is 18.8. The summed E-state index contributed by atoms with van der Waals surface area (Å²) in [4.78, 5) is 18.7. The molecule has 1 N–H and O–H groups in total. The van der Waals surface area contributed by atoms with E-state index in [2.05, 4.69) is 33.6 Å². The summed E-state index contributed by atoms with van der Waals surface area (Å²) in [6, 6.07) is 6.02. The smallest absolute Gasteiger partial charge is 0.251 e. The molecule has 30 heavy (non-hydrogen) atoms. The van der Waals surface area contributed by atoms with Crippen LogP contribution in [-0.2, 0) is 9.53 Å². The van der Waals surface area contributed by atoms with Crippen molar-refractivity contribution < 1.29 is 9.53 Å². The summed E-state index contributed by atoms with van der Waals surface area (Å²) in [5, 5.41) is 9.92. The van der Waals surface area contributed by atoms with Crippen molar-refractivity contribution in [2.45, 2.75) is 48.3 Å². The van der Waals surface area contributed by atoms with Crippen LogP contribution in [0.15, 0.2) is 35.5 Å². The fourth-order valence-electron chi connectivity index (χ4n) is 3.85. The van der Waals surface area contributed by atoms with Crippen LogP contribution in [0.2, 0.25) is 4.34 Å². The monoisotopic (exact) mass is 462 g/mol. The molecule has 5 rings (SSSR count). The maximum atomic E-state index is 13.3. The van der Waals surface area contributed by atoms with Crippen LogP contribution >= 0.6 is 34.7 Å². The number of carbonyl (C=O) groups excluding carboxylic acids is 1. The highest BCUT2D eigenvalue weighted by molar-refractivity contribution is 8.00. The number of halogens is 1. The van der Waals surface area contributed by atoms with Crippen LogP contribution in [0.5, 0.6) is 0 Å². The highest BCUT2D eigenvalue weighted by atomic mass is 35.5. The normalized spacial score (nSPS) is 18.6. The van der Waals surface area contributed by atoms with Crippen molar-refractivity contribution in [3.05, 3.63) is 34.9 Å². The number of anilines is 1. The van der Waals surface area contributed by atoms with Gasteiger partial charge in [0.05, 0.1) is 17.9 Å². The molecule has 2 aliphatic rings. The summed E-state index contributed by atoms with van der Waals surface area (Å²) in [5.41, 5.74) is 0.986. The summed E-state index contributed by atoms with van der Waals surface area (Å²) < 4.78 is 7.93. The first-order chi connectivity index (χ1) is 14.7. The van der Waals surface area contributed by atoms with E-state index in [9.17, 15) is 4.79 Å². The molecule has 1 atom stereocenters. The van der Waals surface area contributed by atoms with Crippen LogP contribution in [0.25, 0.3) is 10.9 Å². The predicted molar refractivity (Wildman–Crippen MR) is 122 cm³/mol. The second kappa shape index (κ2) is 8.86. The first-order valence-electron chi connectivity index (χ1n) is 10.3. The number of fused-ring (bicyclic) bond motifs is 1. The van der Waals surface area contributed by atoms with Gasteiger partial charge in [-0.3, -0.25) is 9.48 Å². The van der Waals surface area contributed by atoms with Crippen molar-refractivity contribution in [1.29, 1.82) is 0 Å². The summed E-state index contributed by atoms with van der Waals surface area (Å²) >= 11 is 9.18. The number of nitrogens with one attached hydrogen (secondary N) is 1. The predicted octanol–water partition coefficient (Wildman–Crippen LogP) is 5.40. The number of carbonyl (C=O) groups is 1. The van der Waals surface area contributed by atoms with E-state index in [1.54, 1.807) is 6.20 Å². The highest BCUT2D eigenvalue weighted by Crippen LogP contribution is 2.40. The summed E-state index contributed by atoms with van der Waals surface area (Å²) in [6.45, 7) is 1.51. The van der Waals surface area contributed by atoms with Crippen LogP contribution in [0.3, 0.4) is 0 Å². The Hall–Kier alpha value is -1.61. The lowest BCUT2D eigenvalue weighted by molar-refractivity contribution is -0.120. The molecule has 3 aromatic rings. The third kappa shape index (κ3) is 4.66. The zero-order valence-electron chi connectivity index (χ0n) is 16.4. The zero-order chi connectivity index (χ0) is 20.5. The average Bonchev–Trinajstić information content (AvgIpc) is 3.32. The summed E-state index contributed by atoms with van der Waals surface area (Å²) in [5.74, 6) is 0.326. The number of hydrogen-bond donors (Lipinski definition) is 1. The Morgan fingerprint density at radius 3 is 2.87 bits per heavy atom. The largest absolute Gasteiger partial charge is 0.381 e. The molecule has 1 aromatic carbocycles. The molecular weight excluding hydrogens is 440 g/mol. The molecule has 1 unspecified atom stereocenters. The van der Waals surface area contributed by atoms with Gasteiger partial charge >= 0.3 is 0 Å². The van der Waals surface area contributed by atoms with E-state index in [1.807, 2.05) is 22.6 Å². The van der Waals surface area contributed by atoms with E-state index in [-0.39, 0.29) is 5.91 Å². The Labute approximate surface area is 188 Å². The molecule has 158 valence electrons. The molecular formula is C21H23ClN4O2S2. The van der Waals surface area contributed by atoms with Gasteiger partial charge in [0.25, 0.3) is 5.91 Å². The van der Waals surface area contributed by atoms with Crippen molar-refractivity contribution in [2.75, 3.05) is 18.5 Å². The van der Waals surface area contributed by atoms with E-state index in [0.29, 0.717) is 15.4 Å². The van der Waals surface area contributed by atoms with Gasteiger partial charge in [-0.1, -0.05) is 22.9 Å². The van der Waals surface area contributed by atoms with Crippen LogP contribution in [0.4, 0.5) is 5.13 Å². The first kappa shape index (κ1) is 20.3. The van der Waals surface area contributed by atoms with Crippen molar-refractivity contribution in [2.24, 2.45) is 5.92 Å². The lowest BCUT2D eigenvalue weighted by atomic mass is 9.92. The summed E-state index contributed by atoms with van der Waals surface area (Å²) in [6.07, 6.45) is 8.69. The first-order valence-corrected chi connectivity index (χ1v) is 12.4. The van der Waals surface area contributed by atoms with Gasteiger partial charge in [-0.05, 0) is 56.2 Å². The molecule has 1 aliphatic carbocycles. The van der Waals surface area contributed by atoms with E-state index in [1.165, 1.54) is 29.1 Å². The number of benzene rings is 1. The number of aromatic nitrogens is 3. The molecule has 1 saturated heterocycles. The van der Waals surface area contributed by atoms with Crippen LogP contribution in [0.1, 0.15) is 38.1 Å². The number of thioether (sulfide) groups is 1. The molecule has 1 aliphatic heterocycles. The van der Waals surface area contributed by atoms with Gasteiger partial charge in [-0.15, -0.1) is 11.8 Å². The number of hydrogen-bond acceptors (Lipinski definition) is 6.